The zero-order valence-corrected chi connectivity index (χ0v) is 11.9. The summed E-state index contributed by atoms with van der Waals surface area (Å²) in [5, 5.41) is 0. The van der Waals surface area contributed by atoms with E-state index in [2.05, 4.69) is 0 Å². The lowest BCUT2D eigenvalue weighted by Gasteiger charge is -2.30. The van der Waals surface area contributed by atoms with Crippen molar-refractivity contribution >= 4 is 11.9 Å². The smallest absolute Gasteiger partial charge is 0.309 e. The van der Waals surface area contributed by atoms with Crippen molar-refractivity contribution < 1.29 is 14.3 Å². The van der Waals surface area contributed by atoms with Crippen LogP contribution in [0.3, 0.4) is 0 Å². The van der Waals surface area contributed by atoms with Gasteiger partial charge in [0.1, 0.15) is 6.61 Å². The predicted molar refractivity (Wildman–Crippen MR) is 75.8 cm³/mol. The number of nitrogens with zero attached hydrogens (tertiary/aromatic N) is 1. The lowest BCUT2D eigenvalue weighted by Crippen LogP contribution is -2.40. The van der Waals surface area contributed by atoms with E-state index >= 15 is 0 Å². The van der Waals surface area contributed by atoms with E-state index in [1.807, 2.05) is 42.2 Å². The van der Waals surface area contributed by atoms with E-state index in [1.165, 1.54) is 0 Å². The highest BCUT2D eigenvalue weighted by molar-refractivity contribution is 5.77. The van der Waals surface area contributed by atoms with Crippen molar-refractivity contribution in [1.82, 2.24) is 4.90 Å². The highest BCUT2D eigenvalue weighted by Crippen LogP contribution is 2.19. The quantitative estimate of drug-likeness (QED) is 0.793. The number of benzene rings is 1. The normalized spacial score (nSPS) is 15.9. The maximum Gasteiger partial charge on any atom is 0.309 e. The monoisotopic (exact) mass is 275 g/mol. The third kappa shape index (κ3) is 3.83. The van der Waals surface area contributed by atoms with Crippen molar-refractivity contribution in [2.75, 3.05) is 13.1 Å². The highest BCUT2D eigenvalue weighted by Gasteiger charge is 2.27. The van der Waals surface area contributed by atoms with E-state index < -0.39 is 0 Å². The zero-order chi connectivity index (χ0) is 14.4. The summed E-state index contributed by atoms with van der Waals surface area (Å²) < 4.78 is 5.35. The molecule has 0 unspecified atom stereocenters. The maximum atomic E-state index is 12.0. The van der Waals surface area contributed by atoms with E-state index in [1.54, 1.807) is 0 Å². The van der Waals surface area contributed by atoms with Crippen molar-refractivity contribution in [2.45, 2.75) is 32.8 Å². The Labute approximate surface area is 119 Å². The SMILES string of the molecule is CCC(=O)N1CCC(C(=O)OCc2ccccc2)CC1. The second-order valence-electron chi connectivity index (χ2n) is 5.10. The van der Waals surface area contributed by atoms with Gasteiger partial charge in [0.25, 0.3) is 0 Å². The van der Waals surface area contributed by atoms with Crippen LogP contribution in [0.1, 0.15) is 31.7 Å². The summed E-state index contributed by atoms with van der Waals surface area (Å²) in [6.45, 7) is 3.52. The van der Waals surface area contributed by atoms with Gasteiger partial charge in [-0.05, 0) is 18.4 Å². The molecule has 1 aromatic carbocycles. The van der Waals surface area contributed by atoms with Gasteiger partial charge in [-0.25, -0.2) is 0 Å². The molecule has 1 aromatic rings. The molecule has 0 spiro atoms. The third-order valence-electron chi connectivity index (χ3n) is 3.71. The molecule has 1 aliphatic heterocycles. The second kappa shape index (κ2) is 7.08. The summed E-state index contributed by atoms with van der Waals surface area (Å²) in [5.41, 5.74) is 0.999. The number of amides is 1. The molecule has 4 heteroatoms. The maximum absolute atomic E-state index is 12.0. The van der Waals surface area contributed by atoms with Crippen LogP contribution in [0.25, 0.3) is 0 Å². The number of rotatable bonds is 4. The fourth-order valence-electron chi connectivity index (χ4n) is 2.43. The molecule has 1 saturated heterocycles. The van der Waals surface area contributed by atoms with Crippen molar-refractivity contribution in [1.29, 1.82) is 0 Å². The Kier molecular flexibility index (Phi) is 5.16. The Hall–Kier alpha value is -1.84. The largest absolute Gasteiger partial charge is 0.461 e. The molecule has 1 amide bonds. The minimum Gasteiger partial charge on any atom is -0.461 e. The van der Waals surface area contributed by atoms with Crippen LogP contribution in [0.5, 0.6) is 0 Å². The molecule has 0 saturated carbocycles. The van der Waals surface area contributed by atoms with Gasteiger partial charge in [-0.15, -0.1) is 0 Å². The fraction of sp³-hybridized carbons (Fsp3) is 0.500. The Bertz CT molecular complexity index is 450. The van der Waals surface area contributed by atoms with E-state index in [9.17, 15) is 9.59 Å². The molecule has 0 bridgehead atoms. The molecule has 0 aromatic heterocycles. The highest BCUT2D eigenvalue weighted by atomic mass is 16.5. The molecule has 0 N–H and O–H groups in total. The van der Waals surface area contributed by atoms with Gasteiger partial charge in [-0.2, -0.15) is 0 Å². The van der Waals surface area contributed by atoms with Crippen molar-refractivity contribution in [3.8, 4) is 0 Å². The number of hydrogen-bond donors (Lipinski definition) is 0. The molecule has 108 valence electrons. The van der Waals surface area contributed by atoms with Crippen LogP contribution in [0, 0.1) is 5.92 Å². The Morgan fingerprint density at radius 1 is 1.20 bits per heavy atom. The van der Waals surface area contributed by atoms with Crippen LogP contribution in [-0.4, -0.2) is 29.9 Å². The van der Waals surface area contributed by atoms with Gasteiger partial charge >= 0.3 is 5.97 Å². The average Bonchev–Trinajstić information content (AvgIpc) is 2.53. The number of piperidine rings is 1. The van der Waals surface area contributed by atoms with Gasteiger partial charge in [0.2, 0.25) is 5.91 Å². The molecular formula is C16H21NO3. The third-order valence-corrected chi connectivity index (χ3v) is 3.71. The molecule has 0 atom stereocenters. The number of esters is 1. The lowest BCUT2D eigenvalue weighted by molar-refractivity contribution is -0.153. The van der Waals surface area contributed by atoms with E-state index in [0.717, 1.165) is 5.56 Å². The molecule has 1 fully saturated rings. The summed E-state index contributed by atoms with van der Waals surface area (Å²) in [6.07, 6.45) is 1.95. The number of ether oxygens (including phenoxy) is 1. The molecule has 2 rings (SSSR count). The zero-order valence-electron chi connectivity index (χ0n) is 11.9. The van der Waals surface area contributed by atoms with Crippen molar-refractivity contribution in [3.05, 3.63) is 35.9 Å². The van der Waals surface area contributed by atoms with Gasteiger partial charge in [-0.3, -0.25) is 9.59 Å². The molecule has 4 nitrogen and oxygen atoms in total. The summed E-state index contributed by atoms with van der Waals surface area (Å²) in [5.74, 6) is -0.0434. The molecule has 1 heterocycles. The molecule has 1 aliphatic rings. The van der Waals surface area contributed by atoms with Gasteiger partial charge in [-0.1, -0.05) is 37.3 Å². The summed E-state index contributed by atoms with van der Waals surface area (Å²) in [4.78, 5) is 25.4. The summed E-state index contributed by atoms with van der Waals surface area (Å²) in [7, 11) is 0. The molecule has 20 heavy (non-hydrogen) atoms. The molecule has 0 aliphatic carbocycles. The number of carbonyl (C=O) groups is 2. The Balaban J connectivity index is 1.76. The summed E-state index contributed by atoms with van der Waals surface area (Å²) >= 11 is 0. The molecule has 0 radical (unpaired) electrons. The number of hydrogen-bond acceptors (Lipinski definition) is 3. The van der Waals surface area contributed by atoms with Crippen LogP contribution in [0.4, 0.5) is 0 Å². The number of likely N-dealkylation sites (tertiary alicyclic amines) is 1. The van der Waals surface area contributed by atoms with Gasteiger partial charge < -0.3 is 9.64 Å². The van der Waals surface area contributed by atoms with Crippen LogP contribution in [0.2, 0.25) is 0 Å². The fourth-order valence-corrected chi connectivity index (χ4v) is 2.43. The first-order valence-corrected chi connectivity index (χ1v) is 7.19. The van der Waals surface area contributed by atoms with E-state index in [0.29, 0.717) is 39.0 Å². The van der Waals surface area contributed by atoms with Gasteiger partial charge in [0.05, 0.1) is 5.92 Å². The van der Waals surface area contributed by atoms with Crippen molar-refractivity contribution in [2.24, 2.45) is 5.92 Å². The van der Waals surface area contributed by atoms with Gasteiger partial charge in [0, 0.05) is 19.5 Å². The van der Waals surface area contributed by atoms with Crippen LogP contribution in [-0.2, 0) is 20.9 Å². The predicted octanol–water partition coefficient (Wildman–Crippen LogP) is 2.38. The van der Waals surface area contributed by atoms with Gasteiger partial charge in [0.15, 0.2) is 0 Å². The minimum atomic E-state index is -0.141. The van der Waals surface area contributed by atoms with Crippen LogP contribution in [0.15, 0.2) is 30.3 Å². The second-order valence-corrected chi connectivity index (χ2v) is 5.10. The first-order valence-electron chi connectivity index (χ1n) is 7.19. The summed E-state index contributed by atoms with van der Waals surface area (Å²) in [6, 6.07) is 9.67. The lowest BCUT2D eigenvalue weighted by atomic mass is 9.97. The molecular weight excluding hydrogens is 254 g/mol. The first kappa shape index (κ1) is 14.6. The standard InChI is InChI=1S/C16H21NO3/c1-2-15(18)17-10-8-14(9-11-17)16(19)20-12-13-6-4-3-5-7-13/h3-7,14H,2,8-12H2,1H3. The number of carbonyl (C=O) groups excluding carboxylic acids is 2. The van der Waals surface area contributed by atoms with Crippen molar-refractivity contribution in [3.63, 3.8) is 0 Å². The van der Waals surface area contributed by atoms with Crippen LogP contribution < -0.4 is 0 Å². The average molecular weight is 275 g/mol. The topological polar surface area (TPSA) is 46.6 Å². The van der Waals surface area contributed by atoms with E-state index in [-0.39, 0.29) is 17.8 Å². The van der Waals surface area contributed by atoms with E-state index in [4.69, 9.17) is 4.74 Å². The first-order chi connectivity index (χ1) is 9.70. The Morgan fingerprint density at radius 3 is 2.45 bits per heavy atom. The minimum absolute atomic E-state index is 0.0698. The van der Waals surface area contributed by atoms with Crippen LogP contribution >= 0.6 is 0 Å². The Morgan fingerprint density at radius 2 is 1.85 bits per heavy atom.